The van der Waals surface area contributed by atoms with E-state index >= 15 is 0 Å². The highest BCUT2D eigenvalue weighted by Gasteiger charge is 2.48. The summed E-state index contributed by atoms with van der Waals surface area (Å²) in [6.07, 6.45) is 0.686. The van der Waals surface area contributed by atoms with Gasteiger partial charge in [0.25, 0.3) is 5.78 Å². The Balaban J connectivity index is 1.54. The summed E-state index contributed by atoms with van der Waals surface area (Å²) in [5.41, 5.74) is 2.32. The number of halogens is 1. The van der Waals surface area contributed by atoms with Gasteiger partial charge in [0, 0.05) is 12.0 Å². The lowest BCUT2D eigenvalue weighted by Gasteiger charge is -2.23. The van der Waals surface area contributed by atoms with Crippen LogP contribution in [0.5, 0.6) is 11.5 Å². The number of thiazole rings is 1. The molecule has 6 rings (SSSR count). The fourth-order valence-corrected chi connectivity index (χ4v) is 5.89. The molecule has 186 valence electrons. The van der Waals surface area contributed by atoms with E-state index in [-0.39, 0.29) is 22.6 Å². The van der Waals surface area contributed by atoms with Gasteiger partial charge in [-0.3, -0.25) is 14.5 Å². The summed E-state index contributed by atoms with van der Waals surface area (Å²) < 4.78 is 25.5. The van der Waals surface area contributed by atoms with Gasteiger partial charge in [-0.1, -0.05) is 23.5 Å². The van der Waals surface area contributed by atoms with Gasteiger partial charge in [0.15, 0.2) is 5.13 Å². The van der Waals surface area contributed by atoms with Crippen molar-refractivity contribution in [2.75, 3.05) is 12.0 Å². The monoisotopic (exact) mass is 516 g/mol. The predicted molar refractivity (Wildman–Crippen MR) is 138 cm³/mol. The van der Waals surface area contributed by atoms with Crippen LogP contribution in [0.2, 0.25) is 0 Å². The summed E-state index contributed by atoms with van der Waals surface area (Å²) in [7, 11) is 1.52. The van der Waals surface area contributed by atoms with Crippen molar-refractivity contribution < 1.29 is 28.6 Å². The molecule has 2 atom stereocenters. The summed E-state index contributed by atoms with van der Waals surface area (Å²) in [5, 5.41) is 11.7. The Labute approximate surface area is 215 Å². The maximum atomic E-state index is 13.8. The van der Waals surface area contributed by atoms with Crippen molar-refractivity contribution in [3.63, 3.8) is 0 Å². The number of methoxy groups -OCH3 is 1. The van der Waals surface area contributed by atoms with Crippen LogP contribution in [0.4, 0.5) is 9.52 Å². The number of nitrogens with zero attached hydrogens (tertiary/aromatic N) is 2. The van der Waals surface area contributed by atoms with Gasteiger partial charge in [0.05, 0.1) is 28.9 Å². The van der Waals surface area contributed by atoms with Gasteiger partial charge in [-0.05, 0) is 66.6 Å². The first kappa shape index (κ1) is 23.2. The number of amides is 1. The van der Waals surface area contributed by atoms with Crippen LogP contribution >= 0.6 is 11.3 Å². The summed E-state index contributed by atoms with van der Waals surface area (Å²) >= 11 is 1.10. The van der Waals surface area contributed by atoms with Gasteiger partial charge in [0.1, 0.15) is 29.2 Å². The van der Waals surface area contributed by atoms with E-state index < -0.39 is 23.5 Å². The molecule has 7 nitrogen and oxygen atoms in total. The fraction of sp³-hybridized carbons (Fsp3) is 0.179. The van der Waals surface area contributed by atoms with E-state index in [1.165, 1.54) is 30.2 Å². The summed E-state index contributed by atoms with van der Waals surface area (Å²) in [4.78, 5) is 32.7. The minimum absolute atomic E-state index is 0.0126. The van der Waals surface area contributed by atoms with E-state index in [2.05, 4.69) is 4.98 Å². The number of benzene rings is 3. The highest BCUT2D eigenvalue weighted by Crippen LogP contribution is 2.45. The molecule has 0 radical (unpaired) electrons. The molecule has 0 aliphatic carbocycles. The van der Waals surface area contributed by atoms with Crippen LogP contribution < -0.4 is 14.4 Å². The van der Waals surface area contributed by atoms with Crippen molar-refractivity contribution in [3.8, 4) is 11.5 Å². The molecule has 0 unspecified atom stereocenters. The fourth-order valence-electron chi connectivity index (χ4n) is 4.87. The zero-order valence-corrected chi connectivity index (χ0v) is 20.7. The number of aliphatic hydroxyl groups is 1. The van der Waals surface area contributed by atoms with Gasteiger partial charge in [0.2, 0.25) is 0 Å². The van der Waals surface area contributed by atoms with Crippen LogP contribution in [-0.2, 0) is 16.0 Å². The number of aliphatic hydroxyl groups excluding tert-OH is 1. The van der Waals surface area contributed by atoms with E-state index in [0.29, 0.717) is 33.5 Å². The minimum Gasteiger partial charge on any atom is -0.507 e. The molecule has 0 saturated carbocycles. The molecule has 1 aromatic heterocycles. The summed E-state index contributed by atoms with van der Waals surface area (Å²) in [6.45, 7) is 1.96. The average Bonchev–Trinajstić information content (AvgIpc) is 3.55. The Morgan fingerprint density at radius 3 is 2.81 bits per heavy atom. The molecule has 4 aromatic rings. The van der Waals surface area contributed by atoms with Gasteiger partial charge < -0.3 is 14.6 Å². The highest BCUT2D eigenvalue weighted by atomic mass is 32.1. The smallest absolute Gasteiger partial charge is 0.301 e. The van der Waals surface area contributed by atoms with E-state index in [9.17, 15) is 19.1 Å². The number of anilines is 1. The number of carbonyl (C=O) groups is 2. The molecule has 1 amide bonds. The zero-order valence-electron chi connectivity index (χ0n) is 19.9. The standard InChI is InChI=1S/C28H21FN2O5S/c1-14-10-17-11-16(6-9-21(17)36-14)25(32)23-24(15-4-3-5-19(12-15)35-2)31(27(34)26(23)33)28-30-20-8-7-18(29)13-22(20)37-28/h3-9,11-14,24,32H,10H2,1-2H3/b25-23+/t14-,24-/m0/s1. The Hall–Kier alpha value is -4.24. The number of aromatic nitrogens is 1. The van der Waals surface area contributed by atoms with E-state index in [0.717, 1.165) is 22.6 Å². The third-order valence-electron chi connectivity index (χ3n) is 6.57. The first-order valence-electron chi connectivity index (χ1n) is 11.6. The molecule has 2 aliphatic rings. The number of fused-ring (bicyclic) bond motifs is 2. The van der Waals surface area contributed by atoms with Crippen molar-refractivity contribution in [1.29, 1.82) is 0 Å². The van der Waals surface area contributed by atoms with Crippen LogP contribution in [0.15, 0.2) is 66.2 Å². The number of Topliss-reactive ketones (excluding diaryl/α,β-unsaturated/α-hetero) is 1. The second-order valence-electron chi connectivity index (χ2n) is 9.01. The van der Waals surface area contributed by atoms with E-state index in [4.69, 9.17) is 9.47 Å². The Morgan fingerprint density at radius 2 is 2.00 bits per heavy atom. The Kier molecular flexibility index (Phi) is 5.45. The Bertz CT molecular complexity index is 1630. The van der Waals surface area contributed by atoms with Gasteiger partial charge in [-0.15, -0.1) is 0 Å². The van der Waals surface area contributed by atoms with E-state index in [1.54, 1.807) is 42.5 Å². The van der Waals surface area contributed by atoms with Gasteiger partial charge >= 0.3 is 5.91 Å². The van der Waals surface area contributed by atoms with Crippen LogP contribution in [-0.4, -0.2) is 35.0 Å². The predicted octanol–water partition coefficient (Wildman–Crippen LogP) is 5.39. The molecule has 0 spiro atoms. The molecule has 1 N–H and O–H groups in total. The van der Waals surface area contributed by atoms with Gasteiger partial charge in [-0.25, -0.2) is 9.37 Å². The number of ether oxygens (including phenoxy) is 2. The topological polar surface area (TPSA) is 89.0 Å². The lowest BCUT2D eigenvalue weighted by Crippen LogP contribution is -2.29. The van der Waals surface area contributed by atoms with Crippen molar-refractivity contribution in [2.45, 2.75) is 25.5 Å². The molecule has 1 fully saturated rings. The molecular formula is C28H21FN2O5S. The molecular weight excluding hydrogens is 495 g/mol. The molecule has 1 saturated heterocycles. The van der Waals surface area contributed by atoms with Crippen LogP contribution in [0.3, 0.4) is 0 Å². The lowest BCUT2D eigenvalue weighted by atomic mass is 9.94. The molecule has 3 aromatic carbocycles. The highest BCUT2D eigenvalue weighted by molar-refractivity contribution is 7.22. The summed E-state index contributed by atoms with van der Waals surface area (Å²) in [6, 6.07) is 15.3. The number of carbonyl (C=O) groups excluding carboxylic acids is 2. The lowest BCUT2D eigenvalue weighted by molar-refractivity contribution is -0.132. The minimum atomic E-state index is -0.969. The zero-order chi connectivity index (χ0) is 25.8. The van der Waals surface area contributed by atoms with Crippen LogP contribution in [0.1, 0.15) is 29.7 Å². The second kappa shape index (κ2) is 8.70. The average molecular weight is 517 g/mol. The number of hydrogen-bond acceptors (Lipinski definition) is 7. The first-order valence-corrected chi connectivity index (χ1v) is 12.5. The maximum absolute atomic E-state index is 13.8. The Morgan fingerprint density at radius 1 is 1.16 bits per heavy atom. The number of hydrogen-bond donors (Lipinski definition) is 1. The number of ketones is 1. The van der Waals surface area contributed by atoms with Crippen LogP contribution in [0.25, 0.3) is 16.0 Å². The normalized spacial score (nSPS) is 20.4. The molecule has 0 bridgehead atoms. The molecule has 37 heavy (non-hydrogen) atoms. The molecule has 9 heteroatoms. The van der Waals surface area contributed by atoms with Crippen molar-refractivity contribution >= 4 is 44.1 Å². The second-order valence-corrected chi connectivity index (χ2v) is 10.0. The summed E-state index contributed by atoms with van der Waals surface area (Å²) in [5.74, 6) is -1.12. The quantitative estimate of drug-likeness (QED) is 0.222. The largest absolute Gasteiger partial charge is 0.507 e. The molecule has 2 aliphatic heterocycles. The maximum Gasteiger partial charge on any atom is 0.301 e. The van der Waals surface area contributed by atoms with Crippen molar-refractivity contribution in [2.24, 2.45) is 0 Å². The third kappa shape index (κ3) is 3.82. The molecule has 3 heterocycles. The first-order chi connectivity index (χ1) is 17.8. The van der Waals surface area contributed by atoms with E-state index in [1.807, 2.05) is 6.92 Å². The SMILES string of the molecule is COc1cccc([C@H]2/C(=C(\O)c3ccc4c(c3)C[C@H](C)O4)C(=O)C(=O)N2c2nc3ccc(F)cc3s2)c1. The van der Waals surface area contributed by atoms with Gasteiger partial charge in [-0.2, -0.15) is 0 Å². The van der Waals surface area contributed by atoms with Crippen molar-refractivity contribution in [3.05, 3.63) is 88.7 Å². The van der Waals surface area contributed by atoms with Crippen molar-refractivity contribution in [1.82, 2.24) is 4.98 Å². The number of rotatable bonds is 4. The third-order valence-corrected chi connectivity index (χ3v) is 7.59. The van der Waals surface area contributed by atoms with Crippen LogP contribution in [0, 0.1) is 5.82 Å².